The van der Waals surface area contributed by atoms with Crippen LogP contribution in [0.2, 0.25) is 0 Å². The summed E-state index contributed by atoms with van der Waals surface area (Å²) >= 11 is 0. The molecule has 0 amide bonds. The molecule has 4 heteroatoms. The molecule has 0 aliphatic carbocycles. The molecule has 2 rings (SSSR count). The van der Waals surface area contributed by atoms with Crippen molar-refractivity contribution in [2.45, 2.75) is 39.3 Å². The van der Waals surface area contributed by atoms with Gasteiger partial charge in [-0.1, -0.05) is 0 Å². The van der Waals surface area contributed by atoms with Crippen molar-refractivity contribution in [2.24, 2.45) is 5.92 Å². The van der Waals surface area contributed by atoms with E-state index in [1.165, 1.54) is 17.7 Å². The van der Waals surface area contributed by atoms with Crippen LogP contribution in [0.25, 0.3) is 0 Å². The van der Waals surface area contributed by atoms with Gasteiger partial charge >= 0.3 is 0 Å². The third kappa shape index (κ3) is 4.18. The number of pyridine rings is 1. The topological polar surface area (TPSA) is 37.4 Å². The van der Waals surface area contributed by atoms with Gasteiger partial charge in [-0.05, 0) is 33.3 Å². The highest BCUT2D eigenvalue weighted by Gasteiger charge is 2.24. The molecule has 0 bridgehead atoms. The Balaban J connectivity index is 2.04. The van der Waals surface area contributed by atoms with Crippen LogP contribution in [-0.2, 0) is 11.3 Å². The van der Waals surface area contributed by atoms with Crippen LogP contribution in [-0.4, -0.2) is 37.3 Å². The van der Waals surface area contributed by atoms with Crippen LogP contribution in [0.3, 0.4) is 0 Å². The summed E-state index contributed by atoms with van der Waals surface area (Å²) in [4.78, 5) is 6.74. The summed E-state index contributed by atoms with van der Waals surface area (Å²) in [5.74, 6) is 0.650. The number of anilines is 1. The highest BCUT2D eigenvalue weighted by Crippen LogP contribution is 2.27. The van der Waals surface area contributed by atoms with Crippen LogP contribution in [0.15, 0.2) is 18.5 Å². The fraction of sp³-hybridized carbons (Fsp3) is 0.688. The van der Waals surface area contributed by atoms with Crippen molar-refractivity contribution in [3.8, 4) is 0 Å². The Labute approximate surface area is 122 Å². The second kappa shape index (κ2) is 6.55. The van der Waals surface area contributed by atoms with E-state index in [9.17, 15) is 0 Å². The van der Waals surface area contributed by atoms with Gasteiger partial charge in [0.05, 0.1) is 6.61 Å². The molecule has 1 aliphatic rings. The molecule has 0 radical (unpaired) electrons. The second-order valence-electron chi connectivity index (χ2n) is 6.66. The van der Waals surface area contributed by atoms with E-state index in [4.69, 9.17) is 4.74 Å². The number of hydrogen-bond acceptors (Lipinski definition) is 4. The summed E-state index contributed by atoms with van der Waals surface area (Å²) in [5.41, 5.74) is 2.72. The number of rotatable bonds is 5. The molecule has 0 aromatic carbocycles. The van der Waals surface area contributed by atoms with Crippen LogP contribution in [0.1, 0.15) is 32.8 Å². The summed E-state index contributed by atoms with van der Waals surface area (Å²) in [5, 5.41) is 3.55. The van der Waals surface area contributed by atoms with Gasteiger partial charge in [0.15, 0.2) is 0 Å². The largest absolute Gasteiger partial charge is 0.384 e. The van der Waals surface area contributed by atoms with Gasteiger partial charge in [-0.3, -0.25) is 4.98 Å². The van der Waals surface area contributed by atoms with E-state index in [1.807, 2.05) is 12.4 Å². The number of hydrogen-bond donors (Lipinski definition) is 1. The molecule has 1 fully saturated rings. The average Bonchev–Trinajstić information content (AvgIpc) is 2.85. The molecule has 0 spiro atoms. The Morgan fingerprint density at radius 3 is 2.95 bits per heavy atom. The first-order chi connectivity index (χ1) is 9.49. The molecule has 1 aliphatic heterocycles. The van der Waals surface area contributed by atoms with Crippen LogP contribution >= 0.6 is 0 Å². The van der Waals surface area contributed by atoms with Gasteiger partial charge in [-0.25, -0.2) is 0 Å². The van der Waals surface area contributed by atoms with Crippen molar-refractivity contribution < 1.29 is 4.74 Å². The third-order valence-electron chi connectivity index (χ3n) is 3.72. The lowest BCUT2D eigenvalue weighted by molar-refractivity contribution is 0.161. The molecule has 1 aromatic rings. The van der Waals surface area contributed by atoms with Crippen molar-refractivity contribution in [2.75, 3.05) is 31.7 Å². The maximum atomic E-state index is 5.28. The van der Waals surface area contributed by atoms with Gasteiger partial charge in [0.1, 0.15) is 0 Å². The molecular formula is C16H27N3O. The van der Waals surface area contributed by atoms with Crippen LogP contribution < -0.4 is 10.2 Å². The first-order valence-electron chi connectivity index (χ1n) is 7.41. The lowest BCUT2D eigenvalue weighted by Crippen LogP contribution is -2.35. The van der Waals surface area contributed by atoms with Gasteiger partial charge in [0, 0.05) is 61.8 Å². The van der Waals surface area contributed by atoms with E-state index < -0.39 is 0 Å². The molecular weight excluding hydrogens is 250 g/mol. The average molecular weight is 277 g/mol. The molecule has 20 heavy (non-hydrogen) atoms. The lowest BCUT2D eigenvalue weighted by Gasteiger charge is -2.25. The monoisotopic (exact) mass is 277 g/mol. The highest BCUT2D eigenvalue weighted by molar-refractivity contribution is 5.53. The smallest absolute Gasteiger partial charge is 0.0508 e. The Morgan fingerprint density at radius 2 is 2.25 bits per heavy atom. The Bertz CT molecular complexity index is 428. The van der Waals surface area contributed by atoms with Gasteiger partial charge in [-0.2, -0.15) is 0 Å². The first kappa shape index (κ1) is 15.3. The molecule has 1 N–H and O–H groups in total. The van der Waals surface area contributed by atoms with E-state index in [1.54, 1.807) is 7.11 Å². The van der Waals surface area contributed by atoms with Crippen molar-refractivity contribution in [3.63, 3.8) is 0 Å². The summed E-state index contributed by atoms with van der Waals surface area (Å²) in [6.45, 7) is 10.5. The van der Waals surface area contributed by atoms with E-state index in [0.29, 0.717) is 5.92 Å². The number of methoxy groups -OCH3 is 1. The molecule has 1 aromatic heterocycles. The summed E-state index contributed by atoms with van der Waals surface area (Å²) < 4.78 is 5.28. The zero-order valence-corrected chi connectivity index (χ0v) is 13.1. The zero-order valence-electron chi connectivity index (χ0n) is 13.1. The van der Waals surface area contributed by atoms with Crippen molar-refractivity contribution in [1.29, 1.82) is 0 Å². The molecule has 1 atom stereocenters. The van der Waals surface area contributed by atoms with E-state index in [-0.39, 0.29) is 5.54 Å². The van der Waals surface area contributed by atoms with Crippen LogP contribution in [0.5, 0.6) is 0 Å². The Hall–Kier alpha value is -1.13. The minimum Gasteiger partial charge on any atom is -0.384 e. The number of aromatic nitrogens is 1. The number of ether oxygens (including phenoxy) is 1. The molecule has 1 saturated heterocycles. The fourth-order valence-electron chi connectivity index (χ4n) is 2.65. The van der Waals surface area contributed by atoms with Gasteiger partial charge in [-0.15, -0.1) is 0 Å². The predicted octanol–water partition coefficient (Wildman–Crippen LogP) is 2.44. The van der Waals surface area contributed by atoms with Gasteiger partial charge in [0.2, 0.25) is 0 Å². The van der Waals surface area contributed by atoms with Gasteiger partial charge < -0.3 is 15.0 Å². The first-order valence-corrected chi connectivity index (χ1v) is 7.41. The summed E-state index contributed by atoms with van der Waals surface area (Å²) in [7, 11) is 1.79. The molecule has 2 heterocycles. The maximum Gasteiger partial charge on any atom is 0.0508 e. The standard InChI is InChI=1S/C16H27N3O/c1-16(2,3)18-10-14-9-17-7-5-15(14)19-8-6-13(11-19)12-20-4/h5,7,9,13,18H,6,8,10-12H2,1-4H3. The van der Waals surface area contributed by atoms with Crippen molar-refractivity contribution in [3.05, 3.63) is 24.0 Å². The zero-order chi connectivity index (χ0) is 14.6. The third-order valence-corrected chi connectivity index (χ3v) is 3.72. The van der Waals surface area contributed by atoms with Crippen molar-refractivity contribution in [1.82, 2.24) is 10.3 Å². The van der Waals surface area contributed by atoms with E-state index >= 15 is 0 Å². The minimum absolute atomic E-state index is 0.122. The van der Waals surface area contributed by atoms with Gasteiger partial charge in [0.25, 0.3) is 0 Å². The van der Waals surface area contributed by atoms with Crippen LogP contribution in [0, 0.1) is 5.92 Å². The summed E-state index contributed by atoms with van der Waals surface area (Å²) in [6, 6.07) is 2.13. The quantitative estimate of drug-likeness (QED) is 0.897. The SMILES string of the molecule is COCC1CCN(c2ccncc2CNC(C)(C)C)C1. The fourth-order valence-corrected chi connectivity index (χ4v) is 2.65. The molecule has 4 nitrogen and oxygen atoms in total. The Morgan fingerprint density at radius 1 is 1.45 bits per heavy atom. The second-order valence-corrected chi connectivity index (χ2v) is 6.66. The predicted molar refractivity (Wildman–Crippen MR) is 83.0 cm³/mol. The van der Waals surface area contributed by atoms with E-state index in [0.717, 1.165) is 26.2 Å². The van der Waals surface area contributed by atoms with E-state index in [2.05, 4.69) is 42.0 Å². The lowest BCUT2D eigenvalue weighted by atomic mass is 10.1. The molecule has 0 saturated carbocycles. The Kier molecular flexibility index (Phi) is 5.00. The number of nitrogens with one attached hydrogen (secondary N) is 1. The summed E-state index contributed by atoms with van der Waals surface area (Å²) in [6.07, 6.45) is 5.08. The van der Waals surface area contributed by atoms with Crippen LogP contribution in [0.4, 0.5) is 5.69 Å². The molecule has 1 unspecified atom stereocenters. The normalized spacial score (nSPS) is 19.6. The minimum atomic E-state index is 0.122. The maximum absolute atomic E-state index is 5.28. The number of nitrogens with zero attached hydrogens (tertiary/aromatic N) is 2. The highest BCUT2D eigenvalue weighted by atomic mass is 16.5. The molecule has 112 valence electrons. The van der Waals surface area contributed by atoms with Crippen molar-refractivity contribution >= 4 is 5.69 Å².